The summed E-state index contributed by atoms with van der Waals surface area (Å²) in [5.74, 6) is -0.789. The Balaban J connectivity index is 2.04. The van der Waals surface area contributed by atoms with Crippen LogP contribution in [0.15, 0.2) is 12.1 Å². The highest BCUT2D eigenvalue weighted by atomic mass is 35.5. The molecule has 0 fully saturated rings. The summed E-state index contributed by atoms with van der Waals surface area (Å²) in [6, 6.07) is 1.77. The molecule has 3 rings (SSSR count). The van der Waals surface area contributed by atoms with Crippen LogP contribution >= 0.6 is 46.1 Å². The van der Waals surface area contributed by atoms with E-state index < -0.39 is 29.5 Å². The number of fused-ring (bicyclic) bond motifs is 1. The monoisotopic (exact) mass is 500 g/mol. The van der Waals surface area contributed by atoms with E-state index in [1.165, 1.54) is 7.11 Å². The van der Waals surface area contributed by atoms with E-state index in [-0.39, 0.29) is 26.6 Å². The molecule has 10 heteroatoms. The molecule has 1 aliphatic rings. The molecule has 1 N–H and O–H groups in total. The maximum Gasteiger partial charge on any atom is 0.421 e. The molecule has 30 heavy (non-hydrogen) atoms. The molecule has 164 valence electrons. The maximum absolute atomic E-state index is 14.0. The van der Waals surface area contributed by atoms with Gasteiger partial charge in [-0.1, -0.05) is 34.8 Å². The summed E-state index contributed by atoms with van der Waals surface area (Å²) < 4.78 is 47.0. The molecule has 1 aromatic carbocycles. The second-order valence-corrected chi connectivity index (χ2v) is 9.46. The molecular weight excluding hydrogens is 484 g/mol. The molecule has 1 unspecified atom stereocenters. The van der Waals surface area contributed by atoms with Crippen molar-refractivity contribution in [1.82, 2.24) is 0 Å². The second-order valence-electron chi connectivity index (χ2n) is 7.16. The number of thiophene rings is 1. The van der Waals surface area contributed by atoms with E-state index >= 15 is 0 Å². The molecular formula is C20H18Cl3F3O3S. The highest BCUT2D eigenvalue weighted by molar-refractivity contribution is 7.14. The third kappa shape index (κ3) is 4.38. The van der Waals surface area contributed by atoms with Gasteiger partial charge in [0.15, 0.2) is 11.4 Å². The maximum atomic E-state index is 14.0. The van der Waals surface area contributed by atoms with Gasteiger partial charge in [0.05, 0.1) is 33.0 Å². The van der Waals surface area contributed by atoms with Crippen LogP contribution in [-0.2, 0) is 29.8 Å². The molecule has 0 bridgehead atoms. The van der Waals surface area contributed by atoms with Crippen molar-refractivity contribution in [2.75, 3.05) is 7.11 Å². The van der Waals surface area contributed by atoms with Crippen molar-refractivity contribution >= 4 is 51.9 Å². The van der Waals surface area contributed by atoms with Gasteiger partial charge >= 0.3 is 6.18 Å². The number of alkyl halides is 3. The molecule has 0 amide bonds. The number of carbonyl (C=O) groups is 1. The van der Waals surface area contributed by atoms with Gasteiger partial charge in [-0.25, -0.2) is 0 Å². The number of ether oxygens (including phenoxy) is 1. The SMILES string of the molecule is COCc1sc(C(=O)CC(O)(c2cc(Cl)c(Cl)c(Cl)c2)C(F)(F)F)c2c1CCCC2. The third-order valence-electron chi connectivity index (χ3n) is 5.18. The number of methoxy groups -OCH3 is 1. The van der Waals surface area contributed by atoms with Crippen LogP contribution < -0.4 is 0 Å². The van der Waals surface area contributed by atoms with E-state index in [1.54, 1.807) is 0 Å². The fourth-order valence-electron chi connectivity index (χ4n) is 3.66. The molecule has 2 aromatic rings. The van der Waals surface area contributed by atoms with Crippen LogP contribution in [0.2, 0.25) is 15.1 Å². The average Bonchev–Trinajstić information content (AvgIpc) is 3.04. The lowest BCUT2D eigenvalue weighted by Crippen LogP contribution is -2.44. The number of benzene rings is 1. The van der Waals surface area contributed by atoms with Crippen LogP contribution in [0, 0.1) is 0 Å². The van der Waals surface area contributed by atoms with Crippen LogP contribution in [0.25, 0.3) is 0 Å². The predicted octanol–water partition coefficient (Wildman–Crippen LogP) is 6.76. The number of halogens is 6. The molecule has 1 aromatic heterocycles. The summed E-state index contributed by atoms with van der Waals surface area (Å²) in [5, 5.41) is 10.1. The van der Waals surface area contributed by atoms with Gasteiger partial charge in [0.1, 0.15) is 0 Å². The lowest BCUT2D eigenvalue weighted by atomic mass is 9.85. The Labute approximate surface area is 190 Å². The molecule has 3 nitrogen and oxygen atoms in total. The summed E-state index contributed by atoms with van der Waals surface area (Å²) in [5.41, 5.74) is -2.36. The van der Waals surface area contributed by atoms with Crippen LogP contribution in [-0.4, -0.2) is 24.2 Å². The lowest BCUT2D eigenvalue weighted by molar-refractivity contribution is -0.264. The van der Waals surface area contributed by atoms with Gasteiger partial charge in [-0.15, -0.1) is 11.3 Å². The topological polar surface area (TPSA) is 46.5 Å². The van der Waals surface area contributed by atoms with Crippen LogP contribution in [0.4, 0.5) is 13.2 Å². The second kappa shape index (κ2) is 8.96. The van der Waals surface area contributed by atoms with Gasteiger partial charge in [0.25, 0.3) is 0 Å². The lowest BCUT2D eigenvalue weighted by Gasteiger charge is -2.31. The van der Waals surface area contributed by atoms with Crippen LogP contribution in [0.1, 0.15) is 50.5 Å². The molecule has 1 heterocycles. The van der Waals surface area contributed by atoms with Gasteiger partial charge in [0, 0.05) is 12.0 Å². The zero-order valence-corrected chi connectivity index (χ0v) is 18.9. The van der Waals surface area contributed by atoms with Crippen LogP contribution in [0.3, 0.4) is 0 Å². The van der Waals surface area contributed by atoms with Crippen molar-refractivity contribution in [1.29, 1.82) is 0 Å². The highest BCUT2D eigenvalue weighted by Crippen LogP contribution is 2.46. The molecule has 0 saturated heterocycles. The Bertz CT molecular complexity index is 951. The van der Waals surface area contributed by atoms with E-state index in [1.807, 2.05) is 0 Å². The van der Waals surface area contributed by atoms with Crippen molar-refractivity contribution < 1.29 is 27.8 Å². The molecule has 0 aliphatic heterocycles. The van der Waals surface area contributed by atoms with Crippen molar-refractivity contribution in [2.24, 2.45) is 0 Å². The minimum absolute atomic E-state index is 0.130. The average molecular weight is 502 g/mol. The number of Topliss-reactive ketones (excluding diaryl/α,β-unsaturated/α-hetero) is 1. The molecule has 1 atom stereocenters. The quantitative estimate of drug-likeness (QED) is 0.351. The zero-order valence-electron chi connectivity index (χ0n) is 15.8. The molecule has 0 radical (unpaired) electrons. The third-order valence-corrected chi connectivity index (χ3v) is 7.66. The Morgan fingerprint density at radius 3 is 2.23 bits per heavy atom. The Morgan fingerprint density at radius 1 is 1.13 bits per heavy atom. The van der Waals surface area contributed by atoms with E-state index in [4.69, 9.17) is 39.5 Å². The fourth-order valence-corrected chi connectivity index (χ4v) is 5.56. The molecule has 0 spiro atoms. The smallest absolute Gasteiger partial charge is 0.379 e. The van der Waals surface area contributed by atoms with E-state index in [2.05, 4.69) is 0 Å². The van der Waals surface area contributed by atoms with E-state index in [9.17, 15) is 23.1 Å². The Hall–Kier alpha value is -0.830. The largest absolute Gasteiger partial charge is 0.421 e. The summed E-state index contributed by atoms with van der Waals surface area (Å²) in [6.45, 7) is 0.284. The summed E-state index contributed by atoms with van der Waals surface area (Å²) >= 11 is 18.7. The highest BCUT2D eigenvalue weighted by Gasteiger charge is 2.56. The fraction of sp³-hybridized carbons (Fsp3) is 0.450. The van der Waals surface area contributed by atoms with E-state index in [0.29, 0.717) is 6.42 Å². The Kier molecular flexibility index (Phi) is 7.12. The van der Waals surface area contributed by atoms with Crippen molar-refractivity contribution in [2.45, 2.75) is 50.5 Å². The number of hydrogen-bond acceptors (Lipinski definition) is 4. The first-order valence-electron chi connectivity index (χ1n) is 9.09. The number of aliphatic hydroxyl groups is 1. The number of ketones is 1. The van der Waals surface area contributed by atoms with Crippen molar-refractivity contribution in [3.05, 3.63) is 53.6 Å². The first-order valence-corrected chi connectivity index (χ1v) is 11.0. The summed E-state index contributed by atoms with van der Waals surface area (Å²) in [7, 11) is 1.52. The van der Waals surface area contributed by atoms with Gasteiger partial charge in [-0.3, -0.25) is 4.79 Å². The van der Waals surface area contributed by atoms with Crippen molar-refractivity contribution in [3.8, 4) is 0 Å². The van der Waals surface area contributed by atoms with Crippen LogP contribution in [0.5, 0.6) is 0 Å². The number of hydrogen-bond donors (Lipinski definition) is 1. The number of carbonyl (C=O) groups excluding carboxylic acids is 1. The minimum atomic E-state index is -5.14. The predicted molar refractivity (Wildman–Crippen MR) is 112 cm³/mol. The van der Waals surface area contributed by atoms with E-state index in [0.717, 1.165) is 58.7 Å². The first kappa shape index (κ1) is 23.8. The summed E-state index contributed by atoms with van der Waals surface area (Å²) in [4.78, 5) is 14.1. The zero-order chi connectivity index (χ0) is 22.3. The van der Waals surface area contributed by atoms with Gasteiger partial charge in [-0.05, 0) is 54.5 Å². The first-order chi connectivity index (χ1) is 14.0. The van der Waals surface area contributed by atoms with Gasteiger partial charge in [0.2, 0.25) is 0 Å². The minimum Gasteiger partial charge on any atom is -0.379 e. The Morgan fingerprint density at radius 2 is 1.70 bits per heavy atom. The normalized spacial score (nSPS) is 16.3. The standard InChI is InChI=1S/C20H18Cl3F3O3S/c1-29-9-16-11-4-2-3-5-12(11)18(30-16)15(27)8-19(28,20(24,25)26)10-6-13(21)17(23)14(22)7-10/h6-7,28H,2-5,8-9H2,1H3. The molecule has 0 saturated carbocycles. The van der Waals surface area contributed by atoms with Gasteiger partial charge < -0.3 is 9.84 Å². The number of rotatable bonds is 6. The molecule has 1 aliphatic carbocycles. The van der Waals surface area contributed by atoms with Crippen molar-refractivity contribution in [3.63, 3.8) is 0 Å². The summed E-state index contributed by atoms with van der Waals surface area (Å²) in [6.07, 6.45) is -3.17. The van der Waals surface area contributed by atoms with Gasteiger partial charge in [-0.2, -0.15) is 13.2 Å².